The molecule has 0 aromatic heterocycles. The summed E-state index contributed by atoms with van der Waals surface area (Å²) in [5.41, 5.74) is 1.19. The summed E-state index contributed by atoms with van der Waals surface area (Å²) < 4.78 is 5.79. The average Bonchev–Trinajstić information content (AvgIpc) is 3.22. The summed E-state index contributed by atoms with van der Waals surface area (Å²) in [6.07, 6.45) is 8.29. The van der Waals surface area contributed by atoms with Crippen molar-refractivity contribution < 1.29 is 9.53 Å². The van der Waals surface area contributed by atoms with Crippen LogP contribution < -0.4 is 0 Å². The third-order valence-electron chi connectivity index (χ3n) is 5.67. The molecule has 3 atom stereocenters. The molecule has 0 radical (unpaired) electrons. The van der Waals surface area contributed by atoms with Crippen LogP contribution in [-0.4, -0.2) is 11.6 Å². The summed E-state index contributed by atoms with van der Waals surface area (Å²) in [5, 5.41) is 0. The molecule has 0 saturated heterocycles. The summed E-state index contributed by atoms with van der Waals surface area (Å²) >= 11 is 0. The van der Waals surface area contributed by atoms with Gasteiger partial charge in [-0.05, 0) is 69.8 Å². The Kier molecular flexibility index (Phi) is 4.53. The summed E-state index contributed by atoms with van der Waals surface area (Å²) in [5.74, 6) is 0.884. The first-order valence-electron chi connectivity index (χ1n) is 9.17. The van der Waals surface area contributed by atoms with Crippen molar-refractivity contribution in [1.29, 1.82) is 0 Å². The van der Waals surface area contributed by atoms with Gasteiger partial charge in [-0.2, -0.15) is 0 Å². The van der Waals surface area contributed by atoms with E-state index < -0.39 is 5.60 Å². The van der Waals surface area contributed by atoms with Crippen LogP contribution in [0.2, 0.25) is 0 Å². The van der Waals surface area contributed by atoms with Gasteiger partial charge in [-0.15, -0.1) is 0 Å². The summed E-state index contributed by atoms with van der Waals surface area (Å²) in [7, 11) is 0. The van der Waals surface area contributed by atoms with E-state index in [9.17, 15) is 4.79 Å². The van der Waals surface area contributed by atoms with Gasteiger partial charge in [0.25, 0.3) is 0 Å². The van der Waals surface area contributed by atoms with Gasteiger partial charge in [0.15, 0.2) is 0 Å². The molecule has 1 aromatic rings. The van der Waals surface area contributed by atoms with Gasteiger partial charge in [0.05, 0.1) is 5.92 Å². The number of esters is 1. The zero-order chi connectivity index (χ0) is 16.5. The molecule has 1 aromatic carbocycles. The second-order valence-electron chi connectivity index (χ2n) is 8.49. The lowest BCUT2D eigenvalue weighted by Crippen LogP contribution is -2.35. The van der Waals surface area contributed by atoms with Crippen molar-refractivity contribution in [2.75, 3.05) is 0 Å². The van der Waals surface area contributed by atoms with Crippen LogP contribution in [0.15, 0.2) is 30.3 Å². The molecular formula is C21H30O2. The van der Waals surface area contributed by atoms with E-state index in [0.717, 1.165) is 18.8 Å². The van der Waals surface area contributed by atoms with E-state index in [1.165, 1.54) is 37.7 Å². The molecule has 2 aliphatic rings. The quantitative estimate of drug-likeness (QED) is 0.702. The third kappa shape index (κ3) is 3.79. The van der Waals surface area contributed by atoms with Crippen molar-refractivity contribution in [3.8, 4) is 0 Å². The van der Waals surface area contributed by atoms with Gasteiger partial charge in [-0.3, -0.25) is 4.79 Å². The maximum Gasteiger partial charge on any atom is 0.310 e. The fraction of sp³-hybridized carbons (Fsp3) is 0.667. The monoisotopic (exact) mass is 314 g/mol. The number of aryl methyl sites for hydroxylation is 1. The Morgan fingerprint density at radius 1 is 1.26 bits per heavy atom. The van der Waals surface area contributed by atoms with E-state index in [-0.39, 0.29) is 17.3 Å². The maximum absolute atomic E-state index is 12.9. The van der Waals surface area contributed by atoms with Crippen LogP contribution in [0.5, 0.6) is 0 Å². The van der Waals surface area contributed by atoms with Crippen LogP contribution in [0.4, 0.5) is 0 Å². The molecule has 0 spiro atoms. The first kappa shape index (κ1) is 16.5. The number of hydrogen-bond acceptors (Lipinski definition) is 2. The predicted octanol–water partition coefficient (Wildman–Crippen LogP) is 5.16. The molecule has 2 nitrogen and oxygen atoms in total. The van der Waals surface area contributed by atoms with E-state index in [1.54, 1.807) is 0 Å². The fourth-order valence-electron chi connectivity index (χ4n) is 4.51. The molecule has 2 fully saturated rings. The van der Waals surface area contributed by atoms with E-state index in [2.05, 4.69) is 24.3 Å². The van der Waals surface area contributed by atoms with E-state index in [4.69, 9.17) is 4.74 Å². The molecule has 0 N–H and O–H groups in total. The van der Waals surface area contributed by atoms with Crippen LogP contribution in [0.25, 0.3) is 0 Å². The number of rotatable bonds is 5. The minimum Gasteiger partial charge on any atom is -0.460 e. The Morgan fingerprint density at radius 2 is 2.00 bits per heavy atom. The molecular weight excluding hydrogens is 284 g/mol. The van der Waals surface area contributed by atoms with Crippen molar-refractivity contribution in [3.63, 3.8) is 0 Å². The van der Waals surface area contributed by atoms with Crippen molar-refractivity contribution in [3.05, 3.63) is 35.9 Å². The van der Waals surface area contributed by atoms with Crippen LogP contribution in [0.3, 0.4) is 0 Å². The Morgan fingerprint density at radius 3 is 2.65 bits per heavy atom. The second-order valence-corrected chi connectivity index (χ2v) is 8.49. The second kappa shape index (κ2) is 6.30. The van der Waals surface area contributed by atoms with Gasteiger partial charge in [0.1, 0.15) is 5.60 Å². The molecule has 2 heteroatoms. The summed E-state index contributed by atoms with van der Waals surface area (Å²) in [4.78, 5) is 12.9. The van der Waals surface area contributed by atoms with Gasteiger partial charge in [-0.1, -0.05) is 43.2 Å². The SMILES string of the molecule is CC(C)(C)OC(=O)[C@H](CCc1ccccc1)[C@@]12CCCC[C@@H]1C2. The van der Waals surface area contributed by atoms with Gasteiger partial charge in [-0.25, -0.2) is 0 Å². The Labute approximate surface area is 140 Å². The van der Waals surface area contributed by atoms with E-state index in [1.807, 2.05) is 26.8 Å². The highest BCUT2D eigenvalue weighted by molar-refractivity contribution is 5.74. The lowest BCUT2D eigenvalue weighted by atomic mass is 9.76. The molecule has 126 valence electrons. The normalized spacial score (nSPS) is 27.9. The van der Waals surface area contributed by atoms with Crippen molar-refractivity contribution in [2.45, 2.75) is 71.3 Å². The number of ether oxygens (including phenoxy) is 1. The van der Waals surface area contributed by atoms with Gasteiger partial charge < -0.3 is 4.74 Å². The molecule has 2 saturated carbocycles. The zero-order valence-electron chi connectivity index (χ0n) is 14.8. The minimum absolute atomic E-state index is 0.0397. The molecule has 0 aliphatic heterocycles. The largest absolute Gasteiger partial charge is 0.460 e. The minimum atomic E-state index is -0.391. The molecule has 0 bridgehead atoms. The first-order chi connectivity index (χ1) is 10.9. The topological polar surface area (TPSA) is 26.3 Å². The average molecular weight is 314 g/mol. The Balaban J connectivity index is 1.72. The first-order valence-corrected chi connectivity index (χ1v) is 9.17. The predicted molar refractivity (Wildman–Crippen MR) is 93.1 cm³/mol. The maximum atomic E-state index is 12.9. The zero-order valence-corrected chi connectivity index (χ0v) is 14.8. The van der Waals surface area contributed by atoms with Crippen LogP contribution in [0.1, 0.15) is 64.9 Å². The molecule has 0 heterocycles. The van der Waals surface area contributed by atoms with Gasteiger partial charge >= 0.3 is 5.97 Å². The number of carbonyl (C=O) groups is 1. The van der Waals surface area contributed by atoms with E-state index in [0.29, 0.717) is 0 Å². The third-order valence-corrected chi connectivity index (χ3v) is 5.67. The van der Waals surface area contributed by atoms with Crippen molar-refractivity contribution in [2.24, 2.45) is 17.3 Å². The summed E-state index contributed by atoms with van der Waals surface area (Å²) in [6.45, 7) is 5.92. The molecule has 0 amide bonds. The Bertz CT molecular complexity index is 543. The highest BCUT2D eigenvalue weighted by Crippen LogP contribution is 2.66. The van der Waals surface area contributed by atoms with Gasteiger partial charge in [0.2, 0.25) is 0 Å². The highest BCUT2D eigenvalue weighted by Gasteiger charge is 2.61. The Hall–Kier alpha value is -1.31. The van der Waals surface area contributed by atoms with Crippen LogP contribution in [0, 0.1) is 17.3 Å². The number of hydrogen-bond donors (Lipinski definition) is 0. The van der Waals surface area contributed by atoms with Crippen LogP contribution >= 0.6 is 0 Å². The standard InChI is InChI=1S/C21H30O2/c1-20(2,3)23-19(22)18(13-12-16-9-5-4-6-10-16)21-14-8-7-11-17(21)15-21/h4-6,9-10,17-18H,7-8,11-15H2,1-3H3/t17-,18+,21-/m1/s1. The fourth-order valence-corrected chi connectivity index (χ4v) is 4.51. The van der Waals surface area contributed by atoms with Crippen molar-refractivity contribution >= 4 is 5.97 Å². The molecule has 23 heavy (non-hydrogen) atoms. The lowest BCUT2D eigenvalue weighted by molar-refractivity contribution is -0.163. The molecule has 0 unspecified atom stereocenters. The smallest absolute Gasteiger partial charge is 0.310 e. The van der Waals surface area contributed by atoms with Crippen LogP contribution in [-0.2, 0) is 16.0 Å². The number of fused-ring (bicyclic) bond motifs is 1. The number of benzene rings is 1. The van der Waals surface area contributed by atoms with E-state index >= 15 is 0 Å². The van der Waals surface area contributed by atoms with Crippen molar-refractivity contribution in [1.82, 2.24) is 0 Å². The lowest BCUT2D eigenvalue weighted by Gasteiger charge is -2.32. The highest BCUT2D eigenvalue weighted by atomic mass is 16.6. The molecule has 2 aliphatic carbocycles. The molecule has 3 rings (SSSR count). The number of carbonyl (C=O) groups excluding carboxylic acids is 1. The van der Waals surface area contributed by atoms with Gasteiger partial charge in [0, 0.05) is 0 Å². The summed E-state index contributed by atoms with van der Waals surface area (Å²) in [6, 6.07) is 10.5.